The molecule has 0 radical (unpaired) electrons. The number of carbonyl (C=O) groups excluding carboxylic acids is 1. The number of aliphatic hydroxyl groups excluding tert-OH is 1. The predicted octanol–water partition coefficient (Wildman–Crippen LogP) is -0.160. The van der Waals surface area contributed by atoms with Gasteiger partial charge in [-0.15, -0.1) is 0 Å². The zero-order valence-electron chi connectivity index (χ0n) is 9.56. The first-order chi connectivity index (χ1) is 8.24. The number of nitrogen functional groups attached to an aromatic ring is 1. The van der Waals surface area contributed by atoms with Gasteiger partial charge in [0.25, 0.3) is 5.91 Å². The molecule has 2 heterocycles. The number of hydrogen-bond donors (Lipinski definition) is 3. The first-order valence-corrected chi connectivity index (χ1v) is 5.68. The summed E-state index contributed by atoms with van der Waals surface area (Å²) in [6, 6.07) is 1.88. The summed E-state index contributed by atoms with van der Waals surface area (Å²) in [7, 11) is 0. The molecule has 17 heavy (non-hydrogen) atoms. The number of carbonyl (C=O) groups is 1. The lowest BCUT2D eigenvalue weighted by Crippen LogP contribution is -2.31. The van der Waals surface area contributed by atoms with Crippen molar-refractivity contribution in [3.05, 3.63) is 23.7 Å². The maximum absolute atomic E-state index is 11.2. The molecule has 1 aliphatic heterocycles. The summed E-state index contributed by atoms with van der Waals surface area (Å²) in [6.45, 7) is 1.73. The summed E-state index contributed by atoms with van der Waals surface area (Å²) in [5.74, 6) is 5.39. The van der Waals surface area contributed by atoms with E-state index in [4.69, 9.17) is 10.3 Å². The van der Waals surface area contributed by atoms with Crippen molar-refractivity contribution in [2.45, 2.75) is 25.4 Å². The second-order valence-corrected chi connectivity index (χ2v) is 4.22. The molecule has 0 spiro atoms. The number of furan rings is 1. The molecule has 2 rings (SSSR count). The number of nitrogens with zero attached hydrogens (tertiary/aromatic N) is 1. The van der Waals surface area contributed by atoms with Crippen molar-refractivity contribution in [1.29, 1.82) is 0 Å². The third kappa shape index (κ3) is 2.66. The van der Waals surface area contributed by atoms with E-state index in [-0.39, 0.29) is 18.6 Å². The van der Waals surface area contributed by atoms with Crippen LogP contribution in [-0.4, -0.2) is 35.1 Å². The Balaban J connectivity index is 1.99. The largest absolute Gasteiger partial charge is 0.467 e. The summed E-state index contributed by atoms with van der Waals surface area (Å²) < 4.78 is 5.30. The van der Waals surface area contributed by atoms with Crippen molar-refractivity contribution in [1.82, 2.24) is 10.3 Å². The summed E-state index contributed by atoms with van der Waals surface area (Å²) in [5.41, 5.74) is 2.47. The third-order valence-corrected chi connectivity index (χ3v) is 3.12. The smallest absolute Gasteiger partial charge is 0.268 e. The molecule has 1 aromatic heterocycles. The highest BCUT2D eigenvalue weighted by Gasteiger charge is 2.24. The van der Waals surface area contributed by atoms with Crippen molar-refractivity contribution >= 4 is 5.91 Å². The second-order valence-electron chi connectivity index (χ2n) is 4.22. The van der Waals surface area contributed by atoms with Crippen LogP contribution in [0, 0.1) is 0 Å². The lowest BCUT2D eigenvalue weighted by Gasteiger charge is -2.20. The number of hydrogen-bond acceptors (Lipinski definition) is 5. The molecule has 6 heteroatoms. The van der Waals surface area contributed by atoms with Gasteiger partial charge in [-0.25, -0.2) is 5.84 Å². The molecule has 1 saturated heterocycles. The standard InChI is InChI=1S/C11H17N3O3/c12-13-11(16)8-4-10(17-7-8)5-14-3-1-2-9(14)6-15/h4,7,9,15H,1-3,5-6,12H2,(H,13,16). The Kier molecular flexibility index (Phi) is 3.78. The molecule has 0 aliphatic carbocycles. The van der Waals surface area contributed by atoms with Crippen molar-refractivity contribution in [3.8, 4) is 0 Å². The molecule has 94 valence electrons. The number of hydrazine groups is 1. The van der Waals surface area contributed by atoms with E-state index in [2.05, 4.69) is 10.3 Å². The zero-order chi connectivity index (χ0) is 12.3. The van der Waals surface area contributed by atoms with Crippen LogP contribution in [0.4, 0.5) is 0 Å². The monoisotopic (exact) mass is 239 g/mol. The van der Waals surface area contributed by atoms with E-state index in [0.29, 0.717) is 17.9 Å². The molecule has 1 aliphatic rings. The van der Waals surface area contributed by atoms with Crippen LogP contribution in [0.25, 0.3) is 0 Å². The maximum Gasteiger partial charge on any atom is 0.268 e. The lowest BCUT2D eigenvalue weighted by molar-refractivity contribution is 0.0953. The maximum atomic E-state index is 11.2. The minimum absolute atomic E-state index is 0.164. The van der Waals surface area contributed by atoms with Crippen LogP contribution in [0.3, 0.4) is 0 Å². The summed E-state index contributed by atoms with van der Waals surface area (Å²) in [4.78, 5) is 13.4. The van der Waals surface area contributed by atoms with Gasteiger partial charge in [0.1, 0.15) is 12.0 Å². The first kappa shape index (κ1) is 12.1. The van der Waals surface area contributed by atoms with Gasteiger partial charge in [0.15, 0.2) is 0 Å². The molecule has 1 aromatic rings. The fourth-order valence-electron chi connectivity index (χ4n) is 2.18. The molecule has 1 fully saturated rings. The van der Waals surface area contributed by atoms with Crippen LogP contribution in [0.15, 0.2) is 16.7 Å². The molecule has 1 amide bonds. The van der Waals surface area contributed by atoms with Gasteiger partial charge in [0.05, 0.1) is 18.7 Å². The normalized spacial score (nSPS) is 20.7. The quantitative estimate of drug-likeness (QED) is 0.386. The van der Waals surface area contributed by atoms with E-state index in [1.807, 2.05) is 0 Å². The molecule has 4 N–H and O–H groups in total. The molecule has 1 atom stereocenters. The van der Waals surface area contributed by atoms with Gasteiger partial charge in [0.2, 0.25) is 0 Å². The number of aliphatic hydroxyl groups is 1. The minimum Gasteiger partial charge on any atom is -0.467 e. The third-order valence-electron chi connectivity index (χ3n) is 3.12. The average Bonchev–Trinajstić information content (AvgIpc) is 2.97. The van der Waals surface area contributed by atoms with Crippen LogP contribution in [0.1, 0.15) is 29.0 Å². The molecular weight excluding hydrogens is 222 g/mol. The molecular formula is C11H17N3O3. The fraction of sp³-hybridized carbons (Fsp3) is 0.545. The van der Waals surface area contributed by atoms with E-state index in [0.717, 1.165) is 19.4 Å². The van der Waals surface area contributed by atoms with Gasteiger partial charge in [-0.1, -0.05) is 0 Å². The SMILES string of the molecule is NNC(=O)c1coc(CN2CCCC2CO)c1. The predicted molar refractivity (Wildman–Crippen MR) is 60.9 cm³/mol. The Morgan fingerprint density at radius 1 is 1.71 bits per heavy atom. The van der Waals surface area contributed by atoms with Crippen LogP contribution in [-0.2, 0) is 6.54 Å². The number of nitrogens with one attached hydrogen (secondary N) is 1. The lowest BCUT2D eigenvalue weighted by atomic mass is 10.2. The Bertz CT molecular complexity index is 391. The summed E-state index contributed by atoms with van der Waals surface area (Å²) in [6.07, 6.45) is 3.48. The Hall–Kier alpha value is -1.37. The van der Waals surface area contributed by atoms with E-state index in [1.165, 1.54) is 6.26 Å². The van der Waals surface area contributed by atoms with E-state index in [1.54, 1.807) is 6.07 Å². The number of likely N-dealkylation sites (tertiary alicyclic amines) is 1. The van der Waals surface area contributed by atoms with E-state index < -0.39 is 0 Å². The van der Waals surface area contributed by atoms with Crippen molar-refractivity contribution < 1.29 is 14.3 Å². The van der Waals surface area contributed by atoms with Crippen molar-refractivity contribution in [2.75, 3.05) is 13.2 Å². The van der Waals surface area contributed by atoms with Crippen molar-refractivity contribution in [2.24, 2.45) is 5.84 Å². The van der Waals surface area contributed by atoms with Crippen LogP contribution in [0.2, 0.25) is 0 Å². The van der Waals surface area contributed by atoms with Gasteiger partial charge in [-0.05, 0) is 25.5 Å². The number of nitrogens with two attached hydrogens (primary N) is 1. The summed E-state index contributed by atoms with van der Waals surface area (Å²) in [5, 5.41) is 9.19. The van der Waals surface area contributed by atoms with Gasteiger partial charge in [-0.2, -0.15) is 0 Å². The Morgan fingerprint density at radius 3 is 3.24 bits per heavy atom. The highest BCUT2D eigenvalue weighted by Crippen LogP contribution is 2.20. The average molecular weight is 239 g/mol. The van der Waals surface area contributed by atoms with E-state index >= 15 is 0 Å². The van der Waals surface area contributed by atoms with Gasteiger partial charge < -0.3 is 9.52 Å². The number of amides is 1. The van der Waals surface area contributed by atoms with Crippen LogP contribution in [0.5, 0.6) is 0 Å². The molecule has 0 bridgehead atoms. The summed E-state index contributed by atoms with van der Waals surface area (Å²) >= 11 is 0. The molecule has 6 nitrogen and oxygen atoms in total. The van der Waals surface area contributed by atoms with Crippen molar-refractivity contribution in [3.63, 3.8) is 0 Å². The first-order valence-electron chi connectivity index (χ1n) is 5.68. The highest BCUT2D eigenvalue weighted by molar-refractivity contribution is 5.93. The van der Waals surface area contributed by atoms with Gasteiger partial charge in [0, 0.05) is 6.04 Å². The fourth-order valence-corrected chi connectivity index (χ4v) is 2.18. The van der Waals surface area contributed by atoms with E-state index in [9.17, 15) is 9.90 Å². The highest BCUT2D eigenvalue weighted by atomic mass is 16.3. The Labute approximate surface area is 99.3 Å². The topological polar surface area (TPSA) is 91.7 Å². The van der Waals surface area contributed by atoms with Gasteiger partial charge >= 0.3 is 0 Å². The molecule has 1 unspecified atom stereocenters. The van der Waals surface area contributed by atoms with Crippen LogP contribution >= 0.6 is 0 Å². The zero-order valence-corrected chi connectivity index (χ0v) is 9.56. The second kappa shape index (κ2) is 5.31. The molecule has 0 saturated carbocycles. The minimum atomic E-state index is -0.361. The molecule has 0 aromatic carbocycles. The van der Waals surface area contributed by atoms with Crippen LogP contribution < -0.4 is 11.3 Å². The van der Waals surface area contributed by atoms with Gasteiger partial charge in [-0.3, -0.25) is 15.1 Å². The number of rotatable bonds is 4. The Morgan fingerprint density at radius 2 is 2.53 bits per heavy atom.